The van der Waals surface area contributed by atoms with Gasteiger partial charge >= 0.3 is 0 Å². The van der Waals surface area contributed by atoms with Crippen molar-refractivity contribution in [3.8, 4) is 11.1 Å². The summed E-state index contributed by atoms with van der Waals surface area (Å²) in [6, 6.07) is 11.7. The number of aryl methyl sites for hydroxylation is 1. The fourth-order valence-electron chi connectivity index (χ4n) is 5.03. The van der Waals surface area contributed by atoms with E-state index in [-0.39, 0.29) is 17.2 Å². The molecule has 1 saturated carbocycles. The molecule has 6 rings (SSSR count). The van der Waals surface area contributed by atoms with Crippen LogP contribution in [0.2, 0.25) is 0 Å². The van der Waals surface area contributed by atoms with Crippen molar-refractivity contribution < 1.29 is 8.78 Å². The Labute approximate surface area is 171 Å². The van der Waals surface area contributed by atoms with Gasteiger partial charge in [-0.1, -0.05) is 29.8 Å². The molecule has 2 aliphatic carbocycles. The van der Waals surface area contributed by atoms with E-state index in [1.54, 1.807) is 18.2 Å². The van der Waals surface area contributed by atoms with E-state index in [9.17, 15) is 8.78 Å². The smallest absolute Gasteiger partial charge is 0.299 e. The Kier molecular flexibility index (Phi) is 4.53. The number of nitrogens with one attached hydrogen (secondary N) is 3. The maximum absolute atomic E-state index is 14.7. The standard InChI is InChI=1S/C17H16F2N2.C7H13N/c1-10-2-4-12-13-5-3-11(16-8-20-9-21-16)7-15(13)17(18,19)14(12)6-10;1-6-4-7(2-3-7)5-8-6/h2-7,16,20-21H,8-9H2,1H3;6,8H,2-5H2,1H3/t;6-/m.1/s1. The van der Waals surface area contributed by atoms with Crippen LogP contribution in [0.5, 0.6) is 0 Å². The van der Waals surface area contributed by atoms with Crippen molar-refractivity contribution in [1.29, 1.82) is 0 Å². The number of rotatable bonds is 1. The quantitative estimate of drug-likeness (QED) is 0.665. The topological polar surface area (TPSA) is 36.1 Å². The lowest BCUT2D eigenvalue weighted by molar-refractivity contribution is 0.0478. The minimum absolute atomic E-state index is 0.108. The third-order valence-corrected chi connectivity index (χ3v) is 6.93. The fourth-order valence-corrected chi connectivity index (χ4v) is 5.03. The maximum Gasteiger partial charge on any atom is 0.299 e. The molecule has 2 atom stereocenters. The highest BCUT2D eigenvalue weighted by atomic mass is 19.3. The Bertz CT molecular complexity index is 930. The van der Waals surface area contributed by atoms with Crippen molar-refractivity contribution >= 4 is 0 Å². The molecule has 2 aromatic carbocycles. The molecule has 2 heterocycles. The van der Waals surface area contributed by atoms with Gasteiger partial charge in [0.05, 0.1) is 0 Å². The predicted molar refractivity (Wildman–Crippen MR) is 112 cm³/mol. The largest absolute Gasteiger partial charge is 0.314 e. The molecule has 2 aromatic rings. The number of benzene rings is 2. The molecule has 3 fully saturated rings. The summed E-state index contributed by atoms with van der Waals surface area (Å²) in [5, 5.41) is 9.92. The zero-order chi connectivity index (χ0) is 20.2. The fraction of sp³-hybridized carbons (Fsp3) is 0.500. The number of halogens is 2. The van der Waals surface area contributed by atoms with Gasteiger partial charge in [0.1, 0.15) is 0 Å². The minimum Gasteiger partial charge on any atom is -0.314 e. The van der Waals surface area contributed by atoms with Crippen molar-refractivity contribution in [3.63, 3.8) is 0 Å². The summed E-state index contributed by atoms with van der Waals surface area (Å²) in [6.07, 6.45) is 4.42. The lowest BCUT2D eigenvalue weighted by Gasteiger charge is -2.15. The summed E-state index contributed by atoms with van der Waals surface area (Å²) in [5.74, 6) is -2.90. The lowest BCUT2D eigenvalue weighted by Crippen LogP contribution is -2.16. The highest BCUT2D eigenvalue weighted by molar-refractivity contribution is 5.80. The van der Waals surface area contributed by atoms with Crippen LogP contribution in [0.3, 0.4) is 0 Å². The normalized spacial score (nSPS) is 27.3. The molecule has 2 aliphatic heterocycles. The van der Waals surface area contributed by atoms with Gasteiger partial charge in [0, 0.05) is 43.0 Å². The van der Waals surface area contributed by atoms with Crippen LogP contribution >= 0.6 is 0 Å². The second kappa shape index (κ2) is 6.86. The van der Waals surface area contributed by atoms with E-state index in [1.165, 1.54) is 25.8 Å². The van der Waals surface area contributed by atoms with Gasteiger partial charge in [-0.2, -0.15) is 8.78 Å². The average Bonchev–Trinajstić information content (AvgIpc) is 3.05. The Balaban J connectivity index is 0.000000189. The molecule has 0 bridgehead atoms. The van der Waals surface area contributed by atoms with E-state index in [0.29, 0.717) is 11.1 Å². The van der Waals surface area contributed by atoms with Crippen molar-refractivity contribution in [1.82, 2.24) is 16.0 Å². The summed E-state index contributed by atoms with van der Waals surface area (Å²) >= 11 is 0. The zero-order valence-corrected chi connectivity index (χ0v) is 17.1. The first-order valence-electron chi connectivity index (χ1n) is 10.7. The highest BCUT2D eigenvalue weighted by Gasteiger charge is 2.47. The molecule has 0 amide bonds. The highest BCUT2D eigenvalue weighted by Crippen LogP contribution is 2.52. The molecule has 0 radical (unpaired) electrons. The first kappa shape index (κ1) is 19.2. The van der Waals surface area contributed by atoms with E-state index in [4.69, 9.17) is 0 Å². The molecule has 1 spiro atoms. The van der Waals surface area contributed by atoms with Gasteiger partial charge in [0.25, 0.3) is 5.92 Å². The Morgan fingerprint density at radius 3 is 2.28 bits per heavy atom. The monoisotopic (exact) mass is 397 g/mol. The van der Waals surface area contributed by atoms with Crippen LogP contribution < -0.4 is 16.0 Å². The predicted octanol–water partition coefficient (Wildman–Crippen LogP) is 4.46. The number of hydrogen-bond acceptors (Lipinski definition) is 3. The van der Waals surface area contributed by atoms with Crippen LogP contribution in [0, 0.1) is 12.3 Å². The molecule has 1 unspecified atom stereocenters. The van der Waals surface area contributed by atoms with Gasteiger partial charge in [0.15, 0.2) is 0 Å². The summed E-state index contributed by atoms with van der Waals surface area (Å²) in [5.41, 5.74) is 4.17. The van der Waals surface area contributed by atoms with E-state index >= 15 is 0 Å². The second-order valence-corrected chi connectivity index (χ2v) is 9.30. The Morgan fingerprint density at radius 2 is 1.69 bits per heavy atom. The van der Waals surface area contributed by atoms with Crippen molar-refractivity contribution in [3.05, 3.63) is 58.7 Å². The molecule has 2 saturated heterocycles. The number of hydrogen-bond donors (Lipinski definition) is 3. The lowest BCUT2D eigenvalue weighted by atomic mass is 9.99. The van der Waals surface area contributed by atoms with Crippen LogP contribution in [0.4, 0.5) is 8.78 Å². The molecule has 29 heavy (non-hydrogen) atoms. The van der Waals surface area contributed by atoms with E-state index in [0.717, 1.165) is 35.8 Å². The molecular formula is C24H29F2N3. The van der Waals surface area contributed by atoms with Gasteiger partial charge < -0.3 is 10.6 Å². The van der Waals surface area contributed by atoms with Gasteiger partial charge in [0.2, 0.25) is 0 Å². The van der Waals surface area contributed by atoms with Crippen molar-refractivity contribution in [2.24, 2.45) is 5.41 Å². The maximum atomic E-state index is 14.7. The molecule has 3 nitrogen and oxygen atoms in total. The van der Waals surface area contributed by atoms with E-state index in [2.05, 4.69) is 22.9 Å². The van der Waals surface area contributed by atoms with E-state index < -0.39 is 5.92 Å². The zero-order valence-electron chi connectivity index (χ0n) is 17.1. The SMILES string of the molecule is C[C@@H]1CC2(CC2)CN1.Cc1ccc2c(c1)C(F)(F)c1cc(C3CNCN3)ccc1-2. The van der Waals surface area contributed by atoms with Crippen LogP contribution in [0.25, 0.3) is 11.1 Å². The number of fused-ring (bicyclic) bond motifs is 3. The molecular weight excluding hydrogens is 368 g/mol. The van der Waals surface area contributed by atoms with Gasteiger partial charge in [-0.3, -0.25) is 5.32 Å². The van der Waals surface area contributed by atoms with Crippen LogP contribution in [-0.2, 0) is 5.92 Å². The molecule has 0 aromatic heterocycles. The third-order valence-electron chi connectivity index (χ3n) is 6.93. The van der Waals surface area contributed by atoms with Crippen LogP contribution in [0.1, 0.15) is 54.5 Å². The van der Waals surface area contributed by atoms with E-state index in [1.807, 2.05) is 25.1 Å². The second-order valence-electron chi connectivity index (χ2n) is 9.30. The first-order chi connectivity index (χ1) is 13.9. The summed E-state index contributed by atoms with van der Waals surface area (Å²) in [6.45, 7) is 6.92. The van der Waals surface area contributed by atoms with Gasteiger partial charge in [-0.25, -0.2) is 0 Å². The minimum atomic E-state index is -2.90. The molecule has 4 aliphatic rings. The van der Waals surface area contributed by atoms with Crippen molar-refractivity contribution in [2.45, 2.75) is 51.1 Å². The van der Waals surface area contributed by atoms with Crippen molar-refractivity contribution in [2.75, 3.05) is 19.8 Å². The summed E-state index contributed by atoms with van der Waals surface area (Å²) in [7, 11) is 0. The van der Waals surface area contributed by atoms with Gasteiger partial charge in [-0.15, -0.1) is 0 Å². The first-order valence-corrected chi connectivity index (χ1v) is 10.7. The molecule has 5 heteroatoms. The van der Waals surface area contributed by atoms with Crippen LogP contribution in [-0.4, -0.2) is 25.8 Å². The average molecular weight is 398 g/mol. The van der Waals surface area contributed by atoms with Gasteiger partial charge in [-0.05, 0) is 67.3 Å². The molecule has 3 N–H and O–H groups in total. The summed E-state index contributed by atoms with van der Waals surface area (Å²) < 4.78 is 29.5. The Morgan fingerprint density at radius 1 is 0.966 bits per heavy atom. The Hall–Kier alpha value is -1.82. The number of alkyl halides is 2. The summed E-state index contributed by atoms with van der Waals surface area (Å²) in [4.78, 5) is 0. The molecule has 154 valence electrons. The third kappa shape index (κ3) is 3.39. The van der Waals surface area contributed by atoms with Crippen LogP contribution in [0.15, 0.2) is 36.4 Å².